The molecule has 94 valence electrons. The molecule has 1 heterocycles. The molecule has 2 nitrogen and oxygen atoms in total. The van der Waals surface area contributed by atoms with E-state index < -0.39 is 22.4 Å². The highest BCUT2D eigenvalue weighted by Gasteiger charge is 2.17. The lowest BCUT2D eigenvalue weighted by atomic mass is 10.0. The average Bonchev–Trinajstić information content (AvgIpc) is 2.34. The zero-order chi connectivity index (χ0) is 12.3. The Morgan fingerprint density at radius 1 is 1.35 bits per heavy atom. The lowest BCUT2D eigenvalue weighted by Gasteiger charge is -2.22. The molecule has 1 aliphatic rings. The van der Waals surface area contributed by atoms with Crippen molar-refractivity contribution in [1.82, 2.24) is 5.32 Å². The van der Waals surface area contributed by atoms with Crippen molar-refractivity contribution >= 4 is 10.8 Å². The summed E-state index contributed by atoms with van der Waals surface area (Å²) in [6, 6.07) is 3.45. The average molecular weight is 259 g/mol. The Bertz CT molecular complexity index is 419. The van der Waals surface area contributed by atoms with Gasteiger partial charge in [0.1, 0.15) is 0 Å². The van der Waals surface area contributed by atoms with Gasteiger partial charge in [0, 0.05) is 10.6 Å². The van der Waals surface area contributed by atoms with E-state index in [0.29, 0.717) is 16.6 Å². The first-order valence-corrected chi connectivity index (χ1v) is 7.03. The highest BCUT2D eigenvalue weighted by atomic mass is 32.2. The summed E-state index contributed by atoms with van der Waals surface area (Å²) in [5.41, 5.74) is 0. The third-order valence-corrected chi connectivity index (χ3v) is 4.49. The van der Waals surface area contributed by atoms with Gasteiger partial charge >= 0.3 is 0 Å². The summed E-state index contributed by atoms with van der Waals surface area (Å²) in [6.45, 7) is 1.86. The molecule has 1 aromatic rings. The first-order valence-electron chi connectivity index (χ1n) is 5.71. The van der Waals surface area contributed by atoms with Crippen molar-refractivity contribution in [2.24, 2.45) is 5.92 Å². The van der Waals surface area contributed by atoms with Gasteiger partial charge in [0.2, 0.25) is 0 Å². The Balaban J connectivity index is 2.01. The van der Waals surface area contributed by atoms with Gasteiger partial charge in [0.15, 0.2) is 11.6 Å². The summed E-state index contributed by atoms with van der Waals surface area (Å²) in [7, 11) is -1.25. The first-order chi connectivity index (χ1) is 8.16. The fourth-order valence-corrected chi connectivity index (χ4v) is 3.35. The molecule has 1 fully saturated rings. The molecule has 5 heteroatoms. The van der Waals surface area contributed by atoms with Crippen molar-refractivity contribution in [3.63, 3.8) is 0 Å². The maximum absolute atomic E-state index is 13.0. The summed E-state index contributed by atoms with van der Waals surface area (Å²) in [5.74, 6) is -0.960. The Morgan fingerprint density at radius 3 is 2.82 bits per heavy atom. The molecule has 0 amide bonds. The molecule has 1 aromatic carbocycles. The lowest BCUT2D eigenvalue weighted by molar-refractivity contribution is 0.408. The van der Waals surface area contributed by atoms with Crippen LogP contribution in [0, 0.1) is 17.6 Å². The van der Waals surface area contributed by atoms with E-state index in [2.05, 4.69) is 5.32 Å². The van der Waals surface area contributed by atoms with Crippen LogP contribution in [0.3, 0.4) is 0 Å². The van der Waals surface area contributed by atoms with Crippen molar-refractivity contribution in [3.05, 3.63) is 29.8 Å². The number of rotatable bonds is 3. The molecule has 1 N–H and O–H groups in total. The number of nitrogens with one attached hydrogen (secondary N) is 1. The minimum absolute atomic E-state index is 0.359. The SMILES string of the molecule is O=S(CC1CCCNC1)c1ccc(F)c(F)c1. The van der Waals surface area contributed by atoms with E-state index in [1.807, 2.05) is 0 Å². The third-order valence-electron chi connectivity index (χ3n) is 2.94. The Labute approximate surface area is 102 Å². The van der Waals surface area contributed by atoms with Crippen LogP contribution < -0.4 is 5.32 Å². The molecule has 17 heavy (non-hydrogen) atoms. The van der Waals surface area contributed by atoms with E-state index >= 15 is 0 Å². The van der Waals surface area contributed by atoms with Gasteiger partial charge in [-0.25, -0.2) is 8.78 Å². The smallest absolute Gasteiger partial charge is 0.160 e. The number of hydrogen-bond acceptors (Lipinski definition) is 2. The van der Waals surface area contributed by atoms with Crippen molar-refractivity contribution in [1.29, 1.82) is 0 Å². The van der Waals surface area contributed by atoms with E-state index in [4.69, 9.17) is 0 Å². The second-order valence-corrected chi connectivity index (χ2v) is 5.80. The molecule has 1 aliphatic heterocycles. The van der Waals surface area contributed by atoms with Crippen LogP contribution in [0.5, 0.6) is 0 Å². The minimum Gasteiger partial charge on any atom is -0.316 e. The standard InChI is InChI=1S/C12H15F2NOS/c13-11-4-3-10(6-12(11)14)17(16)8-9-2-1-5-15-7-9/h3-4,6,9,15H,1-2,5,7-8H2. The van der Waals surface area contributed by atoms with Crippen LogP contribution in [0.15, 0.2) is 23.1 Å². The van der Waals surface area contributed by atoms with Crippen molar-refractivity contribution in [2.45, 2.75) is 17.7 Å². The largest absolute Gasteiger partial charge is 0.316 e. The molecule has 0 bridgehead atoms. The van der Waals surface area contributed by atoms with Gasteiger partial charge in [-0.15, -0.1) is 0 Å². The van der Waals surface area contributed by atoms with E-state index in [0.717, 1.165) is 38.1 Å². The Kier molecular flexibility index (Phi) is 4.23. The van der Waals surface area contributed by atoms with E-state index in [1.165, 1.54) is 6.07 Å². The maximum Gasteiger partial charge on any atom is 0.160 e. The summed E-state index contributed by atoms with van der Waals surface area (Å²) in [4.78, 5) is 0.370. The van der Waals surface area contributed by atoms with Crippen LogP contribution >= 0.6 is 0 Å². The van der Waals surface area contributed by atoms with Crippen molar-refractivity contribution in [3.8, 4) is 0 Å². The van der Waals surface area contributed by atoms with Gasteiger partial charge < -0.3 is 5.32 Å². The second-order valence-electron chi connectivity index (χ2n) is 4.30. The van der Waals surface area contributed by atoms with E-state index in [1.54, 1.807) is 0 Å². The van der Waals surface area contributed by atoms with Crippen LogP contribution in [0.25, 0.3) is 0 Å². The summed E-state index contributed by atoms with van der Waals surface area (Å²) < 4.78 is 37.7. The zero-order valence-electron chi connectivity index (χ0n) is 9.42. The molecule has 0 aromatic heterocycles. The summed E-state index contributed by atoms with van der Waals surface area (Å²) in [5, 5.41) is 3.24. The van der Waals surface area contributed by atoms with Crippen LogP contribution in [0.2, 0.25) is 0 Å². The van der Waals surface area contributed by atoms with E-state index in [9.17, 15) is 13.0 Å². The van der Waals surface area contributed by atoms with Gasteiger partial charge in [-0.1, -0.05) is 0 Å². The molecule has 2 unspecified atom stereocenters. The summed E-state index contributed by atoms with van der Waals surface area (Å²) >= 11 is 0. The van der Waals surface area contributed by atoms with Crippen LogP contribution in [0.1, 0.15) is 12.8 Å². The van der Waals surface area contributed by atoms with Gasteiger partial charge in [-0.3, -0.25) is 4.21 Å². The molecule has 0 aliphatic carbocycles. The van der Waals surface area contributed by atoms with Gasteiger partial charge in [-0.05, 0) is 50.0 Å². The lowest BCUT2D eigenvalue weighted by Crippen LogP contribution is -2.32. The van der Waals surface area contributed by atoms with Gasteiger partial charge in [-0.2, -0.15) is 0 Å². The zero-order valence-corrected chi connectivity index (χ0v) is 10.2. The Hall–Kier alpha value is -0.810. The normalized spacial score (nSPS) is 22.4. The molecule has 0 radical (unpaired) electrons. The van der Waals surface area contributed by atoms with E-state index in [-0.39, 0.29) is 0 Å². The topological polar surface area (TPSA) is 29.1 Å². The first kappa shape index (κ1) is 12.6. The van der Waals surface area contributed by atoms with Crippen LogP contribution in [-0.4, -0.2) is 23.1 Å². The van der Waals surface area contributed by atoms with Crippen LogP contribution in [-0.2, 0) is 10.8 Å². The highest BCUT2D eigenvalue weighted by Crippen LogP contribution is 2.17. The highest BCUT2D eigenvalue weighted by molar-refractivity contribution is 7.85. The molecular weight excluding hydrogens is 244 g/mol. The fourth-order valence-electron chi connectivity index (χ4n) is 2.00. The second kappa shape index (κ2) is 5.69. The Morgan fingerprint density at radius 2 is 2.18 bits per heavy atom. The predicted molar refractivity (Wildman–Crippen MR) is 63.2 cm³/mol. The number of piperidine rings is 1. The third kappa shape index (κ3) is 3.33. The number of hydrogen-bond donors (Lipinski definition) is 1. The molecule has 0 saturated carbocycles. The van der Waals surface area contributed by atoms with Gasteiger partial charge in [0.05, 0.1) is 10.8 Å². The number of benzene rings is 1. The number of halogens is 2. The van der Waals surface area contributed by atoms with Crippen molar-refractivity contribution in [2.75, 3.05) is 18.8 Å². The van der Waals surface area contributed by atoms with Crippen molar-refractivity contribution < 1.29 is 13.0 Å². The quantitative estimate of drug-likeness (QED) is 0.900. The molecule has 2 rings (SSSR count). The predicted octanol–water partition coefficient (Wildman–Crippen LogP) is 2.07. The monoisotopic (exact) mass is 259 g/mol. The molecule has 0 spiro atoms. The maximum atomic E-state index is 13.0. The molecular formula is C12H15F2NOS. The minimum atomic E-state index is -1.25. The molecule has 2 atom stereocenters. The fraction of sp³-hybridized carbons (Fsp3) is 0.500. The summed E-state index contributed by atoms with van der Waals surface area (Å²) in [6.07, 6.45) is 2.13. The van der Waals surface area contributed by atoms with Crippen LogP contribution in [0.4, 0.5) is 8.78 Å². The van der Waals surface area contributed by atoms with Gasteiger partial charge in [0.25, 0.3) is 0 Å². The molecule has 1 saturated heterocycles.